The summed E-state index contributed by atoms with van der Waals surface area (Å²) in [5, 5.41) is 9.94. The van der Waals surface area contributed by atoms with E-state index < -0.39 is 6.10 Å². The van der Waals surface area contributed by atoms with Gasteiger partial charge in [0.1, 0.15) is 0 Å². The quantitative estimate of drug-likeness (QED) is 0.806. The molecule has 0 aliphatic carbocycles. The number of β-amino-alcohol motifs (C(OH)–C–C–N with tert-alkyl or cyclic N) is 1. The Labute approximate surface area is 114 Å². The van der Waals surface area contributed by atoms with Gasteiger partial charge in [-0.2, -0.15) is 0 Å². The van der Waals surface area contributed by atoms with E-state index in [1.54, 1.807) is 7.11 Å². The topological polar surface area (TPSA) is 41.9 Å². The van der Waals surface area contributed by atoms with Crippen molar-refractivity contribution >= 4 is 0 Å². The lowest BCUT2D eigenvalue weighted by Crippen LogP contribution is -2.34. The van der Waals surface area contributed by atoms with Crippen LogP contribution in [-0.2, 0) is 16.1 Å². The number of methoxy groups -OCH3 is 1. The van der Waals surface area contributed by atoms with Crippen molar-refractivity contribution in [3.05, 3.63) is 35.9 Å². The number of nitrogens with zero attached hydrogens (tertiary/aromatic N) is 1. The summed E-state index contributed by atoms with van der Waals surface area (Å²) < 4.78 is 10.8. The number of benzene rings is 1. The molecule has 106 valence electrons. The summed E-state index contributed by atoms with van der Waals surface area (Å²) in [6.45, 7) is 3.50. The Balaban J connectivity index is 1.61. The third-order valence-electron chi connectivity index (χ3n) is 3.45. The molecular weight excluding hydrogens is 242 g/mol. The fourth-order valence-corrected chi connectivity index (χ4v) is 2.39. The van der Waals surface area contributed by atoms with Gasteiger partial charge in [0, 0.05) is 26.7 Å². The van der Waals surface area contributed by atoms with E-state index in [1.807, 2.05) is 30.3 Å². The highest BCUT2D eigenvalue weighted by molar-refractivity contribution is 5.13. The van der Waals surface area contributed by atoms with E-state index in [2.05, 4.69) is 4.90 Å². The number of likely N-dealkylation sites (tertiary alicyclic amines) is 1. The Bertz CT molecular complexity index is 358. The first kappa shape index (κ1) is 14.5. The van der Waals surface area contributed by atoms with Gasteiger partial charge in [-0.25, -0.2) is 0 Å². The number of rotatable bonds is 7. The molecule has 2 unspecified atom stereocenters. The summed E-state index contributed by atoms with van der Waals surface area (Å²) >= 11 is 0. The van der Waals surface area contributed by atoms with Gasteiger partial charge in [0.05, 0.1) is 25.4 Å². The SMILES string of the molecule is COC1CCN(CC(O)COCc2ccccc2)C1. The zero-order valence-electron chi connectivity index (χ0n) is 11.5. The predicted molar refractivity (Wildman–Crippen MR) is 74.0 cm³/mol. The van der Waals surface area contributed by atoms with Crippen LogP contribution in [0.2, 0.25) is 0 Å². The van der Waals surface area contributed by atoms with Crippen molar-refractivity contribution in [2.24, 2.45) is 0 Å². The minimum atomic E-state index is -0.431. The van der Waals surface area contributed by atoms with Crippen LogP contribution in [0.4, 0.5) is 0 Å². The second kappa shape index (κ2) is 7.60. The van der Waals surface area contributed by atoms with Crippen molar-refractivity contribution in [3.63, 3.8) is 0 Å². The third kappa shape index (κ3) is 4.91. The minimum Gasteiger partial charge on any atom is -0.389 e. The first-order chi connectivity index (χ1) is 9.28. The van der Waals surface area contributed by atoms with Crippen LogP contribution >= 0.6 is 0 Å². The molecule has 4 nitrogen and oxygen atoms in total. The smallest absolute Gasteiger partial charge is 0.0900 e. The van der Waals surface area contributed by atoms with Crippen molar-refractivity contribution in [1.29, 1.82) is 0 Å². The van der Waals surface area contributed by atoms with Gasteiger partial charge in [-0.15, -0.1) is 0 Å². The Hall–Kier alpha value is -0.940. The standard InChI is InChI=1S/C15H23NO3/c1-18-15-7-8-16(10-15)9-14(17)12-19-11-13-5-3-2-4-6-13/h2-6,14-15,17H,7-12H2,1H3. The molecular formula is C15H23NO3. The molecule has 1 aromatic rings. The van der Waals surface area contributed by atoms with Crippen molar-refractivity contribution in [3.8, 4) is 0 Å². The molecule has 1 N–H and O–H groups in total. The van der Waals surface area contributed by atoms with E-state index in [0.29, 0.717) is 25.9 Å². The molecule has 1 heterocycles. The number of hydrogen-bond donors (Lipinski definition) is 1. The number of ether oxygens (including phenoxy) is 2. The van der Waals surface area contributed by atoms with E-state index in [0.717, 1.165) is 25.1 Å². The Morgan fingerprint density at radius 1 is 1.37 bits per heavy atom. The lowest BCUT2D eigenvalue weighted by molar-refractivity contribution is 0.0107. The molecule has 0 radical (unpaired) electrons. The monoisotopic (exact) mass is 265 g/mol. The summed E-state index contributed by atoms with van der Waals surface area (Å²) in [5.74, 6) is 0. The fourth-order valence-electron chi connectivity index (χ4n) is 2.39. The lowest BCUT2D eigenvalue weighted by atomic mass is 10.2. The highest BCUT2D eigenvalue weighted by atomic mass is 16.5. The maximum absolute atomic E-state index is 9.94. The second-order valence-corrected chi connectivity index (χ2v) is 5.06. The highest BCUT2D eigenvalue weighted by Gasteiger charge is 2.23. The largest absolute Gasteiger partial charge is 0.389 e. The summed E-state index contributed by atoms with van der Waals surface area (Å²) in [6.07, 6.45) is 0.936. The predicted octanol–water partition coefficient (Wildman–Crippen LogP) is 1.28. The first-order valence-corrected chi connectivity index (χ1v) is 6.83. The average molecular weight is 265 g/mol. The van der Waals surface area contributed by atoms with Crippen molar-refractivity contribution in [1.82, 2.24) is 4.90 Å². The van der Waals surface area contributed by atoms with E-state index in [-0.39, 0.29) is 0 Å². The van der Waals surface area contributed by atoms with Crippen LogP contribution in [0.25, 0.3) is 0 Å². The Morgan fingerprint density at radius 3 is 2.84 bits per heavy atom. The van der Waals surface area contributed by atoms with Crippen LogP contribution in [0.1, 0.15) is 12.0 Å². The number of aliphatic hydroxyl groups is 1. The molecule has 19 heavy (non-hydrogen) atoms. The van der Waals surface area contributed by atoms with Gasteiger partial charge in [-0.3, -0.25) is 4.90 Å². The summed E-state index contributed by atoms with van der Waals surface area (Å²) in [4.78, 5) is 2.23. The minimum absolute atomic E-state index is 0.317. The molecule has 0 spiro atoms. The van der Waals surface area contributed by atoms with Crippen LogP contribution in [-0.4, -0.2) is 55.6 Å². The van der Waals surface area contributed by atoms with Gasteiger partial charge >= 0.3 is 0 Å². The zero-order valence-corrected chi connectivity index (χ0v) is 11.5. The van der Waals surface area contributed by atoms with Crippen LogP contribution in [0, 0.1) is 0 Å². The molecule has 2 rings (SSSR count). The van der Waals surface area contributed by atoms with E-state index in [4.69, 9.17) is 9.47 Å². The van der Waals surface area contributed by atoms with Crippen molar-refractivity contribution in [2.45, 2.75) is 25.2 Å². The van der Waals surface area contributed by atoms with Gasteiger partial charge in [-0.05, 0) is 12.0 Å². The molecule has 1 saturated heterocycles. The first-order valence-electron chi connectivity index (χ1n) is 6.83. The maximum atomic E-state index is 9.94. The van der Waals surface area contributed by atoms with Crippen LogP contribution in [0.5, 0.6) is 0 Å². The Morgan fingerprint density at radius 2 is 2.16 bits per heavy atom. The molecule has 0 bridgehead atoms. The van der Waals surface area contributed by atoms with Crippen LogP contribution < -0.4 is 0 Å². The molecule has 1 aliphatic rings. The van der Waals surface area contributed by atoms with Gasteiger partial charge in [0.2, 0.25) is 0 Å². The van der Waals surface area contributed by atoms with Crippen molar-refractivity contribution < 1.29 is 14.6 Å². The molecule has 4 heteroatoms. The molecule has 1 fully saturated rings. The summed E-state index contributed by atoms with van der Waals surface area (Å²) in [7, 11) is 1.74. The molecule has 0 saturated carbocycles. The van der Waals surface area contributed by atoms with E-state index >= 15 is 0 Å². The Kier molecular flexibility index (Phi) is 5.79. The second-order valence-electron chi connectivity index (χ2n) is 5.06. The van der Waals surface area contributed by atoms with Crippen molar-refractivity contribution in [2.75, 3.05) is 33.4 Å². The zero-order chi connectivity index (χ0) is 13.5. The van der Waals surface area contributed by atoms with Gasteiger partial charge < -0.3 is 14.6 Å². The fraction of sp³-hybridized carbons (Fsp3) is 0.600. The normalized spacial score (nSPS) is 21.7. The third-order valence-corrected chi connectivity index (χ3v) is 3.45. The van der Waals surface area contributed by atoms with Crippen LogP contribution in [0.3, 0.4) is 0 Å². The van der Waals surface area contributed by atoms with E-state index in [9.17, 15) is 5.11 Å². The molecule has 1 aromatic carbocycles. The van der Waals surface area contributed by atoms with Gasteiger partial charge in [-0.1, -0.05) is 30.3 Å². The van der Waals surface area contributed by atoms with Gasteiger partial charge in [0.15, 0.2) is 0 Å². The number of aliphatic hydroxyl groups excluding tert-OH is 1. The summed E-state index contributed by atoms with van der Waals surface area (Å²) in [5.41, 5.74) is 1.13. The molecule has 1 aliphatic heterocycles. The molecule has 0 amide bonds. The maximum Gasteiger partial charge on any atom is 0.0900 e. The van der Waals surface area contributed by atoms with Gasteiger partial charge in [0.25, 0.3) is 0 Å². The molecule has 2 atom stereocenters. The van der Waals surface area contributed by atoms with E-state index in [1.165, 1.54) is 0 Å². The van der Waals surface area contributed by atoms with Crippen LogP contribution in [0.15, 0.2) is 30.3 Å². The number of hydrogen-bond acceptors (Lipinski definition) is 4. The lowest BCUT2D eigenvalue weighted by Gasteiger charge is -2.19. The summed E-state index contributed by atoms with van der Waals surface area (Å²) in [6, 6.07) is 10.0. The molecule has 0 aromatic heterocycles. The highest BCUT2D eigenvalue weighted by Crippen LogP contribution is 2.12. The average Bonchev–Trinajstić information content (AvgIpc) is 2.87.